The van der Waals surface area contributed by atoms with Crippen molar-refractivity contribution in [3.8, 4) is 5.75 Å². The second-order valence-corrected chi connectivity index (χ2v) is 6.64. The van der Waals surface area contributed by atoms with Gasteiger partial charge in [0, 0.05) is 17.6 Å². The van der Waals surface area contributed by atoms with Crippen molar-refractivity contribution >= 4 is 5.91 Å². The standard InChI is InChI=1S/C18H26N2O2/c19-14-8-10-15(11-9-14)20-18(21)13-4-3-7-17(12-13)22-16-5-1-2-6-16/h3-4,7,12,14-16H,1-2,5-6,8-11,19H2,(H,20,21). The molecule has 4 heteroatoms. The molecular weight excluding hydrogens is 276 g/mol. The number of benzene rings is 1. The molecule has 1 amide bonds. The van der Waals surface area contributed by atoms with E-state index in [1.165, 1.54) is 12.8 Å². The highest BCUT2D eigenvalue weighted by atomic mass is 16.5. The van der Waals surface area contributed by atoms with E-state index >= 15 is 0 Å². The number of carbonyl (C=O) groups is 1. The molecule has 0 atom stereocenters. The highest BCUT2D eigenvalue weighted by molar-refractivity contribution is 5.94. The van der Waals surface area contributed by atoms with Crippen LogP contribution in [0.1, 0.15) is 61.7 Å². The van der Waals surface area contributed by atoms with E-state index < -0.39 is 0 Å². The van der Waals surface area contributed by atoms with Crippen LogP contribution >= 0.6 is 0 Å². The van der Waals surface area contributed by atoms with Crippen molar-refractivity contribution in [2.24, 2.45) is 5.73 Å². The molecule has 2 aliphatic carbocycles. The molecule has 2 aliphatic rings. The Bertz CT molecular complexity index is 504. The Morgan fingerprint density at radius 1 is 1.09 bits per heavy atom. The smallest absolute Gasteiger partial charge is 0.251 e. The average Bonchev–Trinajstić information content (AvgIpc) is 3.03. The van der Waals surface area contributed by atoms with Crippen LogP contribution in [0.15, 0.2) is 24.3 Å². The second-order valence-electron chi connectivity index (χ2n) is 6.64. The summed E-state index contributed by atoms with van der Waals surface area (Å²) in [7, 11) is 0. The van der Waals surface area contributed by atoms with Crippen LogP contribution < -0.4 is 15.8 Å². The maximum atomic E-state index is 12.4. The molecule has 1 aromatic rings. The first-order valence-corrected chi connectivity index (χ1v) is 8.54. The van der Waals surface area contributed by atoms with E-state index in [1.807, 2.05) is 24.3 Å². The lowest BCUT2D eigenvalue weighted by Crippen LogP contribution is -2.40. The number of carbonyl (C=O) groups excluding carboxylic acids is 1. The van der Waals surface area contributed by atoms with Gasteiger partial charge in [0.1, 0.15) is 5.75 Å². The molecule has 0 saturated heterocycles. The summed E-state index contributed by atoms with van der Waals surface area (Å²) >= 11 is 0. The van der Waals surface area contributed by atoms with E-state index in [0.717, 1.165) is 44.3 Å². The number of amides is 1. The number of ether oxygens (including phenoxy) is 1. The van der Waals surface area contributed by atoms with Crippen molar-refractivity contribution in [3.63, 3.8) is 0 Å². The molecule has 120 valence electrons. The topological polar surface area (TPSA) is 64.3 Å². The summed E-state index contributed by atoms with van der Waals surface area (Å²) in [5.74, 6) is 0.808. The minimum absolute atomic E-state index is 0.00246. The fraction of sp³-hybridized carbons (Fsp3) is 0.611. The summed E-state index contributed by atoms with van der Waals surface area (Å²) in [5, 5.41) is 3.13. The molecule has 0 aromatic heterocycles. The first kappa shape index (κ1) is 15.3. The Morgan fingerprint density at radius 2 is 1.82 bits per heavy atom. The van der Waals surface area contributed by atoms with Gasteiger partial charge in [-0.25, -0.2) is 0 Å². The molecule has 4 nitrogen and oxygen atoms in total. The van der Waals surface area contributed by atoms with Gasteiger partial charge in [0.05, 0.1) is 6.10 Å². The van der Waals surface area contributed by atoms with Gasteiger partial charge in [-0.05, 0) is 69.6 Å². The number of nitrogens with two attached hydrogens (primary N) is 1. The third-order valence-corrected chi connectivity index (χ3v) is 4.81. The Balaban J connectivity index is 1.57. The lowest BCUT2D eigenvalue weighted by atomic mass is 9.91. The molecule has 2 fully saturated rings. The molecule has 0 aliphatic heterocycles. The SMILES string of the molecule is NC1CCC(NC(=O)c2cccc(OC3CCCC3)c2)CC1. The number of hydrogen-bond donors (Lipinski definition) is 2. The third-order valence-electron chi connectivity index (χ3n) is 4.81. The second kappa shape index (κ2) is 7.14. The highest BCUT2D eigenvalue weighted by Gasteiger charge is 2.21. The molecule has 1 aromatic carbocycles. The molecule has 3 rings (SSSR count). The lowest BCUT2D eigenvalue weighted by molar-refractivity contribution is 0.0925. The zero-order valence-corrected chi connectivity index (χ0v) is 13.1. The van der Waals surface area contributed by atoms with Crippen molar-refractivity contribution in [1.82, 2.24) is 5.32 Å². The molecule has 22 heavy (non-hydrogen) atoms. The van der Waals surface area contributed by atoms with E-state index in [0.29, 0.717) is 17.7 Å². The van der Waals surface area contributed by atoms with Crippen molar-refractivity contribution < 1.29 is 9.53 Å². The molecule has 2 saturated carbocycles. The third kappa shape index (κ3) is 4.01. The van der Waals surface area contributed by atoms with Crippen molar-refractivity contribution in [2.45, 2.75) is 69.6 Å². The summed E-state index contributed by atoms with van der Waals surface area (Å²) < 4.78 is 5.97. The lowest BCUT2D eigenvalue weighted by Gasteiger charge is -2.26. The fourth-order valence-corrected chi connectivity index (χ4v) is 3.44. The summed E-state index contributed by atoms with van der Waals surface area (Å²) in [6, 6.07) is 8.11. The molecule has 0 radical (unpaired) electrons. The van der Waals surface area contributed by atoms with Gasteiger partial charge in [-0.1, -0.05) is 6.07 Å². The zero-order valence-electron chi connectivity index (χ0n) is 13.1. The van der Waals surface area contributed by atoms with Crippen molar-refractivity contribution in [3.05, 3.63) is 29.8 Å². The summed E-state index contributed by atoms with van der Waals surface area (Å²) in [6.45, 7) is 0. The van der Waals surface area contributed by atoms with Gasteiger partial charge in [0.2, 0.25) is 0 Å². The molecule has 3 N–H and O–H groups in total. The van der Waals surface area contributed by atoms with E-state index in [1.54, 1.807) is 0 Å². The van der Waals surface area contributed by atoms with Gasteiger partial charge in [0.15, 0.2) is 0 Å². The Morgan fingerprint density at radius 3 is 2.55 bits per heavy atom. The minimum Gasteiger partial charge on any atom is -0.490 e. The average molecular weight is 302 g/mol. The van der Waals surface area contributed by atoms with E-state index in [-0.39, 0.29) is 11.9 Å². The zero-order chi connectivity index (χ0) is 15.4. The summed E-state index contributed by atoms with van der Waals surface area (Å²) in [4.78, 5) is 12.4. The Hall–Kier alpha value is -1.55. The van der Waals surface area contributed by atoms with Gasteiger partial charge in [-0.2, -0.15) is 0 Å². The normalized spacial score (nSPS) is 25.9. The van der Waals surface area contributed by atoms with Gasteiger partial charge < -0.3 is 15.8 Å². The van der Waals surface area contributed by atoms with Crippen molar-refractivity contribution in [2.75, 3.05) is 0 Å². The van der Waals surface area contributed by atoms with Crippen LogP contribution in [-0.2, 0) is 0 Å². The van der Waals surface area contributed by atoms with Gasteiger partial charge in [-0.15, -0.1) is 0 Å². The van der Waals surface area contributed by atoms with Crippen LogP contribution in [0.2, 0.25) is 0 Å². The quantitative estimate of drug-likeness (QED) is 0.898. The number of rotatable bonds is 4. The molecule has 0 spiro atoms. The van der Waals surface area contributed by atoms with Crippen molar-refractivity contribution in [1.29, 1.82) is 0 Å². The summed E-state index contributed by atoms with van der Waals surface area (Å²) in [6.07, 6.45) is 9.00. The first-order valence-electron chi connectivity index (χ1n) is 8.54. The molecular formula is C18H26N2O2. The summed E-state index contributed by atoms with van der Waals surface area (Å²) in [5.41, 5.74) is 6.59. The molecule has 0 unspecified atom stereocenters. The van der Waals surface area contributed by atoms with Gasteiger partial charge in [0.25, 0.3) is 5.91 Å². The van der Waals surface area contributed by atoms with Gasteiger partial charge >= 0.3 is 0 Å². The largest absolute Gasteiger partial charge is 0.490 e. The minimum atomic E-state index is -0.00246. The number of hydrogen-bond acceptors (Lipinski definition) is 3. The Labute approximate surface area is 132 Å². The van der Waals surface area contributed by atoms with E-state index in [4.69, 9.17) is 10.5 Å². The number of nitrogens with one attached hydrogen (secondary N) is 1. The maximum Gasteiger partial charge on any atom is 0.251 e. The molecule has 0 heterocycles. The van der Waals surface area contributed by atoms with E-state index in [2.05, 4.69) is 5.32 Å². The molecule has 0 bridgehead atoms. The van der Waals surface area contributed by atoms with Crippen LogP contribution in [-0.4, -0.2) is 24.1 Å². The van der Waals surface area contributed by atoms with Crippen LogP contribution in [0, 0.1) is 0 Å². The first-order chi connectivity index (χ1) is 10.7. The fourth-order valence-electron chi connectivity index (χ4n) is 3.44. The van der Waals surface area contributed by atoms with E-state index in [9.17, 15) is 4.79 Å². The van der Waals surface area contributed by atoms with Crippen LogP contribution in [0.3, 0.4) is 0 Å². The van der Waals surface area contributed by atoms with Gasteiger partial charge in [-0.3, -0.25) is 4.79 Å². The highest BCUT2D eigenvalue weighted by Crippen LogP contribution is 2.25. The Kier molecular flexibility index (Phi) is 4.98. The predicted octanol–water partition coefficient (Wildman–Crippen LogP) is 3.01. The maximum absolute atomic E-state index is 12.4. The van der Waals surface area contributed by atoms with Crippen LogP contribution in [0.25, 0.3) is 0 Å². The predicted molar refractivity (Wildman–Crippen MR) is 87.0 cm³/mol. The van der Waals surface area contributed by atoms with Crippen LogP contribution in [0.4, 0.5) is 0 Å². The monoisotopic (exact) mass is 302 g/mol. The van der Waals surface area contributed by atoms with Crippen LogP contribution in [0.5, 0.6) is 5.75 Å².